The van der Waals surface area contributed by atoms with Gasteiger partial charge in [0.05, 0.1) is 3.57 Å². The smallest absolute Gasteiger partial charge is 0.265 e. The predicted octanol–water partition coefficient (Wildman–Crippen LogP) is 2.23. The molecule has 0 saturated carbocycles. The molecule has 0 fully saturated rings. The van der Waals surface area contributed by atoms with E-state index in [0.29, 0.717) is 5.69 Å². The number of aromatic amines is 1. The SMILES string of the molecule is Cc1cc(C(F)F)c(I)c(=O)[nH]1. The number of aryl methyl sites for hydroxylation is 1. The average molecular weight is 285 g/mol. The normalized spacial score (nSPS) is 10.8. The highest BCUT2D eigenvalue weighted by Crippen LogP contribution is 2.21. The molecular weight excluding hydrogens is 279 g/mol. The number of rotatable bonds is 1. The zero-order valence-electron chi connectivity index (χ0n) is 6.20. The number of H-pyrrole nitrogens is 1. The molecule has 1 N–H and O–H groups in total. The summed E-state index contributed by atoms with van der Waals surface area (Å²) in [6, 6.07) is 1.29. The van der Waals surface area contributed by atoms with Crippen LogP contribution in [0.25, 0.3) is 0 Å². The van der Waals surface area contributed by atoms with Gasteiger partial charge >= 0.3 is 0 Å². The Morgan fingerprint density at radius 1 is 1.58 bits per heavy atom. The highest BCUT2D eigenvalue weighted by Gasteiger charge is 2.14. The molecule has 0 saturated heterocycles. The lowest BCUT2D eigenvalue weighted by molar-refractivity contribution is 0.150. The molecule has 1 heterocycles. The standard InChI is InChI=1S/C7H6F2INO/c1-3-2-4(6(8)9)5(10)7(12)11-3/h2,6H,1H3,(H,11,12). The van der Waals surface area contributed by atoms with E-state index in [0.717, 1.165) is 0 Å². The molecule has 5 heteroatoms. The van der Waals surface area contributed by atoms with Crippen LogP contribution in [-0.4, -0.2) is 4.98 Å². The third kappa shape index (κ3) is 1.82. The van der Waals surface area contributed by atoms with Gasteiger partial charge in [-0.2, -0.15) is 0 Å². The number of alkyl halides is 2. The van der Waals surface area contributed by atoms with Crippen LogP contribution in [-0.2, 0) is 0 Å². The molecular formula is C7H6F2INO. The molecule has 1 aromatic rings. The van der Waals surface area contributed by atoms with E-state index in [2.05, 4.69) is 4.98 Å². The summed E-state index contributed by atoms with van der Waals surface area (Å²) in [5, 5.41) is 0. The van der Waals surface area contributed by atoms with E-state index in [-0.39, 0.29) is 9.13 Å². The maximum Gasteiger partial charge on any atom is 0.265 e. The van der Waals surface area contributed by atoms with Crippen LogP contribution in [0, 0.1) is 10.5 Å². The van der Waals surface area contributed by atoms with Gasteiger partial charge in [-0.25, -0.2) is 8.78 Å². The Hall–Kier alpha value is -0.460. The fourth-order valence-corrected chi connectivity index (χ4v) is 1.38. The minimum Gasteiger partial charge on any atom is -0.326 e. The zero-order chi connectivity index (χ0) is 9.30. The van der Waals surface area contributed by atoms with Crippen molar-refractivity contribution in [3.63, 3.8) is 0 Å². The third-order valence-corrected chi connectivity index (χ3v) is 2.48. The zero-order valence-corrected chi connectivity index (χ0v) is 8.35. The summed E-state index contributed by atoms with van der Waals surface area (Å²) >= 11 is 1.61. The lowest BCUT2D eigenvalue weighted by Gasteiger charge is -2.02. The monoisotopic (exact) mass is 285 g/mol. The first-order valence-electron chi connectivity index (χ1n) is 3.20. The van der Waals surface area contributed by atoms with Crippen LogP contribution in [0.3, 0.4) is 0 Å². The number of hydrogen-bond acceptors (Lipinski definition) is 1. The van der Waals surface area contributed by atoms with E-state index in [1.54, 1.807) is 29.5 Å². The molecule has 0 radical (unpaired) electrons. The van der Waals surface area contributed by atoms with Crippen molar-refractivity contribution in [2.24, 2.45) is 0 Å². The van der Waals surface area contributed by atoms with Gasteiger partial charge in [-0.3, -0.25) is 4.79 Å². The maximum atomic E-state index is 12.2. The van der Waals surface area contributed by atoms with Crippen molar-refractivity contribution in [3.05, 3.63) is 31.2 Å². The molecule has 1 rings (SSSR count). The van der Waals surface area contributed by atoms with E-state index >= 15 is 0 Å². The van der Waals surface area contributed by atoms with Crippen LogP contribution in [0.5, 0.6) is 0 Å². The van der Waals surface area contributed by atoms with E-state index in [9.17, 15) is 13.6 Å². The van der Waals surface area contributed by atoms with Crippen molar-refractivity contribution >= 4 is 22.6 Å². The van der Waals surface area contributed by atoms with Crippen LogP contribution >= 0.6 is 22.6 Å². The highest BCUT2D eigenvalue weighted by molar-refractivity contribution is 14.1. The summed E-state index contributed by atoms with van der Waals surface area (Å²) in [6.07, 6.45) is -2.59. The van der Waals surface area contributed by atoms with Crippen LogP contribution in [0.15, 0.2) is 10.9 Å². The molecule has 0 spiro atoms. The van der Waals surface area contributed by atoms with E-state index in [4.69, 9.17) is 0 Å². The van der Waals surface area contributed by atoms with Crippen LogP contribution in [0.1, 0.15) is 17.7 Å². The molecule has 0 aliphatic rings. The number of pyridine rings is 1. The van der Waals surface area contributed by atoms with E-state index in [1.807, 2.05) is 0 Å². The Kier molecular flexibility index (Phi) is 2.81. The fourth-order valence-electron chi connectivity index (χ4n) is 0.857. The first-order chi connectivity index (χ1) is 5.52. The van der Waals surface area contributed by atoms with Gasteiger partial charge in [0.1, 0.15) is 0 Å². The van der Waals surface area contributed by atoms with Crippen LogP contribution < -0.4 is 5.56 Å². The second-order valence-corrected chi connectivity index (χ2v) is 3.43. The van der Waals surface area contributed by atoms with Crippen molar-refractivity contribution < 1.29 is 8.78 Å². The van der Waals surface area contributed by atoms with Gasteiger partial charge in [0.25, 0.3) is 12.0 Å². The molecule has 66 valence electrons. The van der Waals surface area contributed by atoms with Crippen molar-refractivity contribution in [2.45, 2.75) is 13.3 Å². The van der Waals surface area contributed by atoms with Crippen molar-refractivity contribution in [1.29, 1.82) is 0 Å². The van der Waals surface area contributed by atoms with E-state index in [1.165, 1.54) is 6.07 Å². The minimum atomic E-state index is -2.59. The van der Waals surface area contributed by atoms with Crippen molar-refractivity contribution in [3.8, 4) is 0 Å². The second kappa shape index (κ2) is 3.51. The van der Waals surface area contributed by atoms with Gasteiger partial charge in [-0.15, -0.1) is 0 Å². The van der Waals surface area contributed by atoms with Crippen LogP contribution in [0.4, 0.5) is 8.78 Å². The second-order valence-electron chi connectivity index (χ2n) is 2.35. The predicted molar refractivity (Wildman–Crippen MR) is 49.5 cm³/mol. The Morgan fingerprint density at radius 3 is 2.67 bits per heavy atom. The van der Waals surface area contributed by atoms with Gasteiger partial charge in [0, 0.05) is 11.3 Å². The average Bonchev–Trinajstić information content (AvgIpc) is 1.96. The molecule has 0 bridgehead atoms. The quantitative estimate of drug-likeness (QED) is 0.788. The van der Waals surface area contributed by atoms with Gasteiger partial charge in [-0.05, 0) is 35.6 Å². The molecule has 0 atom stereocenters. The van der Waals surface area contributed by atoms with Crippen LogP contribution in [0.2, 0.25) is 0 Å². The fraction of sp³-hybridized carbons (Fsp3) is 0.286. The first-order valence-corrected chi connectivity index (χ1v) is 4.27. The lowest BCUT2D eigenvalue weighted by Crippen LogP contribution is -2.13. The Labute approximate surface area is 81.1 Å². The molecule has 0 aliphatic carbocycles. The Bertz CT molecular complexity index is 348. The van der Waals surface area contributed by atoms with E-state index < -0.39 is 12.0 Å². The molecule has 0 aliphatic heterocycles. The van der Waals surface area contributed by atoms with Gasteiger partial charge in [-0.1, -0.05) is 0 Å². The molecule has 1 aromatic heterocycles. The lowest BCUT2D eigenvalue weighted by atomic mass is 10.2. The molecule has 0 unspecified atom stereocenters. The molecule has 0 aromatic carbocycles. The summed E-state index contributed by atoms with van der Waals surface area (Å²) in [5.74, 6) is 0. The first kappa shape index (κ1) is 9.63. The molecule has 0 amide bonds. The maximum absolute atomic E-state index is 12.2. The van der Waals surface area contributed by atoms with Crippen molar-refractivity contribution in [1.82, 2.24) is 4.98 Å². The summed E-state index contributed by atoms with van der Waals surface area (Å²) in [6.45, 7) is 1.57. The summed E-state index contributed by atoms with van der Waals surface area (Å²) in [5.41, 5.74) is -0.196. The van der Waals surface area contributed by atoms with Gasteiger partial charge in [0.15, 0.2) is 0 Å². The Morgan fingerprint density at radius 2 is 2.17 bits per heavy atom. The molecule has 12 heavy (non-hydrogen) atoms. The van der Waals surface area contributed by atoms with Crippen molar-refractivity contribution in [2.75, 3.05) is 0 Å². The summed E-state index contributed by atoms with van der Waals surface area (Å²) < 4.78 is 24.5. The third-order valence-electron chi connectivity index (χ3n) is 1.37. The molecule has 2 nitrogen and oxygen atoms in total. The van der Waals surface area contributed by atoms with Gasteiger partial charge in [0.2, 0.25) is 0 Å². The Balaban J connectivity index is 3.38. The summed E-state index contributed by atoms with van der Waals surface area (Å²) in [4.78, 5) is 13.4. The highest BCUT2D eigenvalue weighted by atomic mass is 127. The largest absolute Gasteiger partial charge is 0.326 e. The number of nitrogens with one attached hydrogen (secondary N) is 1. The number of hydrogen-bond donors (Lipinski definition) is 1. The summed E-state index contributed by atoms with van der Waals surface area (Å²) in [7, 11) is 0. The minimum absolute atomic E-state index is 0.0631. The number of aromatic nitrogens is 1. The topological polar surface area (TPSA) is 32.9 Å². The van der Waals surface area contributed by atoms with Gasteiger partial charge < -0.3 is 4.98 Å². The number of halogens is 3.